The Morgan fingerprint density at radius 1 is 1.40 bits per heavy atom. The standard InChI is InChI=1S/C11H14N2O2/c12-10-7-3-6-9(13-10)11(14)15-8-4-1-2-5-8/h3,6-8H,1-2,4-5H2,(H2,12,13). The van der Waals surface area contributed by atoms with Gasteiger partial charge in [-0.2, -0.15) is 0 Å². The van der Waals surface area contributed by atoms with Gasteiger partial charge >= 0.3 is 5.97 Å². The largest absolute Gasteiger partial charge is 0.458 e. The van der Waals surface area contributed by atoms with Crippen LogP contribution in [-0.4, -0.2) is 17.1 Å². The van der Waals surface area contributed by atoms with Crippen LogP contribution in [0.2, 0.25) is 0 Å². The number of carbonyl (C=O) groups excluding carboxylic acids is 1. The van der Waals surface area contributed by atoms with E-state index < -0.39 is 0 Å². The molecule has 1 aliphatic carbocycles. The van der Waals surface area contributed by atoms with Crippen LogP contribution < -0.4 is 5.73 Å². The van der Waals surface area contributed by atoms with Crippen LogP contribution in [0.5, 0.6) is 0 Å². The number of nitrogen functional groups attached to an aromatic ring is 1. The number of nitrogens with two attached hydrogens (primary N) is 1. The number of ether oxygens (including phenoxy) is 1. The second-order valence-electron chi connectivity index (χ2n) is 3.76. The number of carbonyl (C=O) groups is 1. The highest BCUT2D eigenvalue weighted by atomic mass is 16.5. The highest BCUT2D eigenvalue weighted by Crippen LogP contribution is 2.21. The molecule has 1 saturated carbocycles. The van der Waals surface area contributed by atoms with E-state index in [-0.39, 0.29) is 12.1 Å². The van der Waals surface area contributed by atoms with Crippen molar-refractivity contribution in [2.45, 2.75) is 31.8 Å². The Balaban J connectivity index is 2.01. The van der Waals surface area contributed by atoms with Gasteiger partial charge in [0.05, 0.1) is 0 Å². The van der Waals surface area contributed by atoms with E-state index in [0.717, 1.165) is 25.7 Å². The molecule has 0 saturated heterocycles. The summed E-state index contributed by atoms with van der Waals surface area (Å²) in [6.45, 7) is 0. The zero-order valence-corrected chi connectivity index (χ0v) is 8.48. The number of anilines is 1. The Hall–Kier alpha value is -1.58. The minimum Gasteiger partial charge on any atom is -0.458 e. The molecular formula is C11H14N2O2. The minimum atomic E-state index is -0.366. The summed E-state index contributed by atoms with van der Waals surface area (Å²) in [5.74, 6) is -0.0231. The van der Waals surface area contributed by atoms with Crippen molar-refractivity contribution >= 4 is 11.8 Å². The summed E-state index contributed by atoms with van der Waals surface area (Å²) in [4.78, 5) is 15.5. The maximum Gasteiger partial charge on any atom is 0.357 e. The molecule has 2 rings (SSSR count). The van der Waals surface area contributed by atoms with Gasteiger partial charge in [-0.15, -0.1) is 0 Å². The highest BCUT2D eigenvalue weighted by molar-refractivity contribution is 5.87. The summed E-state index contributed by atoms with van der Waals surface area (Å²) >= 11 is 0. The van der Waals surface area contributed by atoms with Gasteiger partial charge in [-0.05, 0) is 37.8 Å². The fourth-order valence-corrected chi connectivity index (χ4v) is 1.78. The summed E-state index contributed by atoms with van der Waals surface area (Å²) < 4.78 is 5.30. The summed E-state index contributed by atoms with van der Waals surface area (Å²) in [6.07, 6.45) is 4.29. The van der Waals surface area contributed by atoms with E-state index in [4.69, 9.17) is 10.5 Å². The molecular weight excluding hydrogens is 192 g/mol. The number of hydrogen-bond donors (Lipinski definition) is 1. The van der Waals surface area contributed by atoms with Crippen molar-refractivity contribution in [1.29, 1.82) is 0 Å². The van der Waals surface area contributed by atoms with Crippen molar-refractivity contribution in [2.24, 2.45) is 0 Å². The second-order valence-corrected chi connectivity index (χ2v) is 3.76. The van der Waals surface area contributed by atoms with E-state index in [1.807, 2.05) is 0 Å². The Morgan fingerprint density at radius 3 is 2.80 bits per heavy atom. The maximum atomic E-state index is 11.6. The van der Waals surface area contributed by atoms with Gasteiger partial charge in [-0.1, -0.05) is 6.07 Å². The number of rotatable bonds is 2. The fourth-order valence-electron chi connectivity index (χ4n) is 1.78. The van der Waals surface area contributed by atoms with Gasteiger partial charge in [0.2, 0.25) is 0 Å². The van der Waals surface area contributed by atoms with Gasteiger partial charge < -0.3 is 10.5 Å². The van der Waals surface area contributed by atoms with Crippen LogP contribution >= 0.6 is 0 Å². The number of esters is 1. The van der Waals surface area contributed by atoms with Gasteiger partial charge in [-0.25, -0.2) is 9.78 Å². The normalized spacial score (nSPS) is 16.5. The third-order valence-corrected chi connectivity index (χ3v) is 2.56. The van der Waals surface area contributed by atoms with Gasteiger partial charge in [-0.3, -0.25) is 0 Å². The van der Waals surface area contributed by atoms with Crippen molar-refractivity contribution in [3.63, 3.8) is 0 Å². The molecule has 80 valence electrons. The molecule has 15 heavy (non-hydrogen) atoms. The van der Waals surface area contributed by atoms with Crippen LogP contribution in [0.3, 0.4) is 0 Å². The first-order valence-electron chi connectivity index (χ1n) is 5.19. The van der Waals surface area contributed by atoms with E-state index in [2.05, 4.69) is 4.98 Å². The van der Waals surface area contributed by atoms with Crippen LogP contribution in [0, 0.1) is 0 Å². The lowest BCUT2D eigenvalue weighted by molar-refractivity contribution is 0.0311. The van der Waals surface area contributed by atoms with Crippen LogP contribution in [0.4, 0.5) is 5.82 Å². The van der Waals surface area contributed by atoms with Crippen molar-refractivity contribution < 1.29 is 9.53 Å². The molecule has 0 radical (unpaired) electrons. The molecule has 1 aliphatic rings. The number of pyridine rings is 1. The Kier molecular flexibility index (Phi) is 2.85. The summed E-state index contributed by atoms with van der Waals surface area (Å²) in [6, 6.07) is 4.97. The third kappa shape index (κ3) is 2.46. The molecule has 2 N–H and O–H groups in total. The van der Waals surface area contributed by atoms with Crippen LogP contribution in [0.1, 0.15) is 36.2 Å². The summed E-state index contributed by atoms with van der Waals surface area (Å²) in [5.41, 5.74) is 5.78. The number of hydrogen-bond acceptors (Lipinski definition) is 4. The van der Waals surface area contributed by atoms with Gasteiger partial charge in [0.1, 0.15) is 11.9 Å². The topological polar surface area (TPSA) is 65.2 Å². The molecule has 1 aromatic heterocycles. The second kappa shape index (κ2) is 4.29. The van der Waals surface area contributed by atoms with Crippen LogP contribution in [0.15, 0.2) is 18.2 Å². The molecule has 0 aromatic carbocycles. The van der Waals surface area contributed by atoms with Gasteiger partial charge in [0, 0.05) is 0 Å². The van der Waals surface area contributed by atoms with E-state index >= 15 is 0 Å². The van der Waals surface area contributed by atoms with Crippen molar-refractivity contribution in [2.75, 3.05) is 5.73 Å². The molecule has 0 aliphatic heterocycles. The van der Waals surface area contributed by atoms with Crippen molar-refractivity contribution in [3.8, 4) is 0 Å². The third-order valence-electron chi connectivity index (χ3n) is 2.56. The van der Waals surface area contributed by atoms with Crippen LogP contribution in [0.25, 0.3) is 0 Å². The molecule has 4 heteroatoms. The first-order valence-corrected chi connectivity index (χ1v) is 5.19. The summed E-state index contributed by atoms with van der Waals surface area (Å²) in [7, 11) is 0. The SMILES string of the molecule is Nc1cccc(C(=O)OC2CCCC2)n1. The lowest BCUT2D eigenvalue weighted by Crippen LogP contribution is -2.16. The lowest BCUT2D eigenvalue weighted by Gasteiger charge is -2.10. The van der Waals surface area contributed by atoms with E-state index in [0.29, 0.717) is 11.5 Å². The van der Waals surface area contributed by atoms with E-state index in [1.54, 1.807) is 18.2 Å². The summed E-state index contributed by atoms with van der Waals surface area (Å²) in [5, 5.41) is 0. The fraction of sp³-hybridized carbons (Fsp3) is 0.455. The molecule has 0 bridgehead atoms. The quantitative estimate of drug-likeness (QED) is 0.749. The molecule has 0 unspecified atom stereocenters. The first-order chi connectivity index (χ1) is 7.25. The predicted octanol–water partition coefficient (Wildman–Crippen LogP) is 1.76. The molecule has 4 nitrogen and oxygen atoms in total. The van der Waals surface area contributed by atoms with Crippen LogP contribution in [-0.2, 0) is 4.74 Å². The van der Waals surface area contributed by atoms with E-state index in [1.165, 1.54) is 0 Å². The smallest absolute Gasteiger partial charge is 0.357 e. The van der Waals surface area contributed by atoms with Gasteiger partial charge in [0.25, 0.3) is 0 Å². The zero-order valence-electron chi connectivity index (χ0n) is 8.48. The van der Waals surface area contributed by atoms with Crippen molar-refractivity contribution in [3.05, 3.63) is 23.9 Å². The molecule has 1 fully saturated rings. The average molecular weight is 206 g/mol. The predicted molar refractivity (Wildman–Crippen MR) is 56.3 cm³/mol. The number of nitrogens with zero attached hydrogens (tertiary/aromatic N) is 1. The molecule has 0 amide bonds. The molecule has 0 atom stereocenters. The monoisotopic (exact) mass is 206 g/mol. The minimum absolute atomic E-state index is 0.0701. The van der Waals surface area contributed by atoms with Gasteiger partial charge in [0.15, 0.2) is 5.69 Å². The Morgan fingerprint density at radius 2 is 2.13 bits per heavy atom. The number of aromatic nitrogens is 1. The lowest BCUT2D eigenvalue weighted by atomic mass is 10.3. The van der Waals surface area contributed by atoms with E-state index in [9.17, 15) is 4.79 Å². The first kappa shape index (κ1) is 9.96. The maximum absolute atomic E-state index is 11.6. The zero-order chi connectivity index (χ0) is 10.7. The Labute approximate surface area is 88.4 Å². The molecule has 1 heterocycles. The highest BCUT2D eigenvalue weighted by Gasteiger charge is 2.20. The molecule has 0 spiro atoms. The average Bonchev–Trinajstić information content (AvgIpc) is 2.70. The Bertz CT molecular complexity index is 359. The molecule has 1 aromatic rings. The van der Waals surface area contributed by atoms with Crippen molar-refractivity contribution in [1.82, 2.24) is 4.98 Å².